The predicted molar refractivity (Wildman–Crippen MR) is 104 cm³/mol. The van der Waals surface area contributed by atoms with E-state index in [1.54, 1.807) is 0 Å². The molecule has 1 heterocycles. The van der Waals surface area contributed by atoms with E-state index in [4.69, 9.17) is 4.74 Å². The van der Waals surface area contributed by atoms with E-state index >= 15 is 0 Å². The van der Waals surface area contributed by atoms with Gasteiger partial charge in [0.25, 0.3) is 0 Å². The van der Waals surface area contributed by atoms with Crippen LogP contribution in [0.5, 0.6) is 0 Å². The van der Waals surface area contributed by atoms with Gasteiger partial charge in [-0.15, -0.1) is 0 Å². The van der Waals surface area contributed by atoms with Gasteiger partial charge in [0.05, 0.1) is 5.92 Å². The average Bonchev–Trinajstić information content (AvgIpc) is 3.05. The minimum Gasteiger partial charge on any atom is -0.461 e. The SMILES string of the molecule is O=C1OC2C3c4ccccc4C(c4ccccc43)C2C1Cc1ccccc1. The van der Waals surface area contributed by atoms with Crippen LogP contribution in [-0.2, 0) is 16.0 Å². The minimum absolute atomic E-state index is 0.0236. The third-order valence-electron chi connectivity index (χ3n) is 6.74. The highest BCUT2D eigenvalue weighted by atomic mass is 16.6. The highest BCUT2D eigenvalue weighted by Gasteiger charge is 2.59. The van der Waals surface area contributed by atoms with Crippen molar-refractivity contribution in [3.8, 4) is 0 Å². The summed E-state index contributed by atoms with van der Waals surface area (Å²) in [6, 6.07) is 27.8. The predicted octanol–water partition coefficient (Wildman–Crippen LogP) is 4.68. The summed E-state index contributed by atoms with van der Waals surface area (Å²) in [4.78, 5) is 12.9. The van der Waals surface area contributed by atoms with Crippen LogP contribution in [0.2, 0.25) is 0 Å². The van der Waals surface area contributed by atoms with E-state index in [1.165, 1.54) is 27.8 Å². The largest absolute Gasteiger partial charge is 0.461 e. The fourth-order valence-electron chi connectivity index (χ4n) is 5.74. The molecule has 2 bridgehead atoms. The average molecular weight is 352 g/mol. The lowest BCUT2D eigenvalue weighted by molar-refractivity contribution is -0.144. The number of hydrogen-bond donors (Lipinski definition) is 0. The van der Waals surface area contributed by atoms with E-state index in [2.05, 4.69) is 60.7 Å². The number of hydrogen-bond acceptors (Lipinski definition) is 2. The van der Waals surface area contributed by atoms with E-state index in [9.17, 15) is 4.79 Å². The Labute approximate surface area is 158 Å². The third kappa shape index (κ3) is 2.04. The van der Waals surface area contributed by atoms with Crippen molar-refractivity contribution in [3.05, 3.63) is 107 Å². The Morgan fingerprint density at radius 2 is 1.19 bits per heavy atom. The van der Waals surface area contributed by atoms with Crippen LogP contribution in [0.15, 0.2) is 78.9 Å². The van der Waals surface area contributed by atoms with Crippen LogP contribution >= 0.6 is 0 Å². The van der Waals surface area contributed by atoms with Crippen molar-refractivity contribution in [2.75, 3.05) is 0 Å². The number of carbonyl (C=O) groups is 1. The van der Waals surface area contributed by atoms with Gasteiger partial charge in [-0.2, -0.15) is 0 Å². The molecule has 0 N–H and O–H groups in total. The lowest BCUT2D eigenvalue weighted by Crippen LogP contribution is -2.43. The topological polar surface area (TPSA) is 26.3 Å². The zero-order valence-electron chi connectivity index (χ0n) is 14.9. The van der Waals surface area contributed by atoms with Crippen molar-refractivity contribution in [1.82, 2.24) is 0 Å². The van der Waals surface area contributed by atoms with Crippen molar-refractivity contribution in [1.29, 1.82) is 0 Å². The van der Waals surface area contributed by atoms with Gasteiger partial charge in [0, 0.05) is 17.8 Å². The molecule has 3 atom stereocenters. The lowest BCUT2D eigenvalue weighted by atomic mass is 9.55. The summed E-state index contributed by atoms with van der Waals surface area (Å²) in [5.74, 6) is 0.522. The van der Waals surface area contributed by atoms with E-state index in [0.29, 0.717) is 0 Å². The van der Waals surface area contributed by atoms with Crippen LogP contribution in [-0.4, -0.2) is 12.1 Å². The zero-order chi connectivity index (χ0) is 18.0. The molecule has 7 rings (SSSR count). The normalized spacial score (nSPS) is 29.6. The number of rotatable bonds is 2. The smallest absolute Gasteiger partial charge is 0.310 e. The van der Waals surface area contributed by atoms with Crippen molar-refractivity contribution in [2.45, 2.75) is 24.4 Å². The molecule has 0 spiro atoms. The first-order valence-electron chi connectivity index (χ1n) is 9.75. The highest BCUT2D eigenvalue weighted by Crippen LogP contribution is 2.60. The number of esters is 1. The maximum atomic E-state index is 12.9. The van der Waals surface area contributed by atoms with Gasteiger partial charge in [-0.1, -0.05) is 78.9 Å². The Morgan fingerprint density at radius 3 is 1.78 bits per heavy atom. The molecule has 3 unspecified atom stereocenters. The summed E-state index contributed by atoms with van der Waals surface area (Å²) < 4.78 is 6.06. The second kappa shape index (κ2) is 5.56. The van der Waals surface area contributed by atoms with Crippen molar-refractivity contribution >= 4 is 5.97 Å². The fourth-order valence-corrected chi connectivity index (χ4v) is 5.74. The molecule has 3 aliphatic carbocycles. The second-order valence-electron chi connectivity index (χ2n) is 7.99. The van der Waals surface area contributed by atoms with E-state index < -0.39 is 0 Å². The molecule has 2 heteroatoms. The summed E-state index contributed by atoms with van der Waals surface area (Å²) in [5.41, 5.74) is 6.67. The Balaban J connectivity index is 1.51. The molecule has 27 heavy (non-hydrogen) atoms. The maximum absolute atomic E-state index is 12.9. The molecular formula is C25H20O2. The summed E-state index contributed by atoms with van der Waals surface area (Å²) in [7, 11) is 0. The molecule has 3 aromatic rings. The second-order valence-corrected chi connectivity index (χ2v) is 7.99. The zero-order valence-corrected chi connectivity index (χ0v) is 14.9. The summed E-state index contributed by atoms with van der Waals surface area (Å²) in [6.07, 6.45) is 0.718. The van der Waals surface area contributed by atoms with Gasteiger partial charge >= 0.3 is 5.97 Å². The summed E-state index contributed by atoms with van der Waals surface area (Å²) in [5, 5.41) is 0. The van der Waals surface area contributed by atoms with Crippen LogP contribution in [0.1, 0.15) is 39.7 Å². The Morgan fingerprint density at radius 1 is 0.667 bits per heavy atom. The maximum Gasteiger partial charge on any atom is 0.310 e. The molecule has 0 saturated carbocycles. The minimum atomic E-state index is -0.0772. The fraction of sp³-hybridized carbons (Fsp3) is 0.240. The molecule has 132 valence electrons. The molecule has 0 radical (unpaired) electrons. The van der Waals surface area contributed by atoms with Crippen molar-refractivity contribution in [2.24, 2.45) is 11.8 Å². The van der Waals surface area contributed by atoms with E-state index in [1.807, 2.05) is 18.2 Å². The van der Waals surface area contributed by atoms with Crippen LogP contribution in [0.3, 0.4) is 0 Å². The standard InChI is InChI=1S/C25H20O2/c26-25-20(14-15-8-2-1-3-9-15)23-21-16-10-4-6-12-18(16)22(24(23)27-25)19-13-7-5-11-17(19)21/h1-13,20-24H,14H2. The van der Waals surface area contributed by atoms with Crippen LogP contribution in [0.25, 0.3) is 0 Å². The van der Waals surface area contributed by atoms with Crippen molar-refractivity contribution < 1.29 is 9.53 Å². The monoisotopic (exact) mass is 352 g/mol. The van der Waals surface area contributed by atoms with Gasteiger partial charge in [-0.25, -0.2) is 0 Å². The number of ether oxygens (including phenoxy) is 1. The van der Waals surface area contributed by atoms with Gasteiger partial charge in [-0.3, -0.25) is 4.79 Å². The highest BCUT2D eigenvalue weighted by molar-refractivity contribution is 5.78. The van der Waals surface area contributed by atoms with Gasteiger partial charge in [-0.05, 0) is 34.2 Å². The Hall–Kier alpha value is -2.87. The first-order chi connectivity index (χ1) is 13.3. The number of carbonyl (C=O) groups excluding carboxylic acids is 1. The quantitative estimate of drug-likeness (QED) is 0.626. The van der Waals surface area contributed by atoms with E-state index in [0.717, 1.165) is 6.42 Å². The molecule has 1 fully saturated rings. The first kappa shape index (κ1) is 15.2. The molecule has 1 aliphatic heterocycles. The molecule has 1 saturated heterocycles. The van der Waals surface area contributed by atoms with Gasteiger partial charge in [0.2, 0.25) is 0 Å². The van der Waals surface area contributed by atoms with Crippen molar-refractivity contribution in [3.63, 3.8) is 0 Å². The van der Waals surface area contributed by atoms with Crippen LogP contribution in [0, 0.1) is 11.8 Å². The van der Waals surface area contributed by atoms with Crippen LogP contribution in [0.4, 0.5) is 0 Å². The first-order valence-corrected chi connectivity index (χ1v) is 9.75. The van der Waals surface area contributed by atoms with Crippen LogP contribution < -0.4 is 0 Å². The molecule has 0 amide bonds. The summed E-state index contributed by atoms with van der Waals surface area (Å²) in [6.45, 7) is 0. The Kier molecular flexibility index (Phi) is 3.13. The number of benzene rings is 3. The van der Waals surface area contributed by atoms with Gasteiger partial charge in [0.1, 0.15) is 6.10 Å². The van der Waals surface area contributed by atoms with Gasteiger partial charge in [0.15, 0.2) is 0 Å². The Bertz CT molecular complexity index is 991. The van der Waals surface area contributed by atoms with E-state index in [-0.39, 0.29) is 35.7 Å². The van der Waals surface area contributed by atoms with Gasteiger partial charge < -0.3 is 4.74 Å². The third-order valence-corrected chi connectivity index (χ3v) is 6.74. The summed E-state index contributed by atoms with van der Waals surface area (Å²) >= 11 is 0. The molecular weight excluding hydrogens is 332 g/mol. The molecule has 3 aromatic carbocycles. The molecule has 2 nitrogen and oxygen atoms in total. The lowest BCUT2D eigenvalue weighted by Gasteiger charge is -2.47. The molecule has 4 aliphatic rings. The molecule has 0 aromatic heterocycles.